The van der Waals surface area contributed by atoms with Crippen molar-refractivity contribution in [3.05, 3.63) is 11.6 Å². The van der Waals surface area contributed by atoms with Crippen LogP contribution in [0.2, 0.25) is 0 Å². The highest BCUT2D eigenvalue weighted by molar-refractivity contribution is 5.75. The second-order valence-electron chi connectivity index (χ2n) is 2.46. The summed E-state index contributed by atoms with van der Waals surface area (Å²) in [7, 11) is 0. The highest BCUT2D eigenvalue weighted by Gasteiger charge is 2.07. The Balaban J connectivity index is 2.68. The third-order valence-electron chi connectivity index (χ3n) is 1.47. The lowest BCUT2D eigenvalue weighted by Gasteiger charge is -2.07. The molecule has 1 amide bonds. The van der Waals surface area contributed by atoms with Gasteiger partial charge in [-0.15, -0.1) is 10.2 Å². The molecule has 0 bridgehead atoms. The highest BCUT2D eigenvalue weighted by atomic mass is 16.6. The SMILES string of the molecule is CCOC(=O)Nn1c(C)nnc1C. The highest BCUT2D eigenvalue weighted by Crippen LogP contribution is 1.95. The van der Waals surface area contributed by atoms with E-state index in [-0.39, 0.29) is 0 Å². The Morgan fingerprint density at radius 3 is 2.46 bits per heavy atom. The maximum Gasteiger partial charge on any atom is 0.426 e. The van der Waals surface area contributed by atoms with Gasteiger partial charge in [-0.25, -0.2) is 14.9 Å². The number of hydrogen-bond donors (Lipinski definition) is 1. The minimum absolute atomic E-state index is 0.339. The number of rotatable bonds is 2. The van der Waals surface area contributed by atoms with Crippen molar-refractivity contribution in [1.29, 1.82) is 0 Å². The lowest BCUT2D eigenvalue weighted by molar-refractivity contribution is 0.164. The molecule has 0 radical (unpaired) electrons. The number of ether oxygens (including phenoxy) is 1. The first-order valence-corrected chi connectivity index (χ1v) is 3.97. The zero-order valence-corrected chi connectivity index (χ0v) is 7.87. The first kappa shape index (κ1) is 9.50. The zero-order valence-electron chi connectivity index (χ0n) is 7.87. The summed E-state index contributed by atoms with van der Waals surface area (Å²) in [6, 6.07) is 0. The normalized spacial score (nSPS) is 9.77. The lowest BCUT2D eigenvalue weighted by Crippen LogP contribution is -2.25. The van der Waals surface area contributed by atoms with E-state index in [1.807, 2.05) is 0 Å². The number of nitrogens with one attached hydrogen (secondary N) is 1. The quantitative estimate of drug-likeness (QED) is 0.730. The van der Waals surface area contributed by atoms with Crippen LogP contribution in [0.3, 0.4) is 0 Å². The van der Waals surface area contributed by atoms with E-state index in [0.717, 1.165) is 0 Å². The number of carbonyl (C=O) groups is 1. The van der Waals surface area contributed by atoms with E-state index in [2.05, 4.69) is 15.6 Å². The van der Waals surface area contributed by atoms with Crippen molar-refractivity contribution in [2.75, 3.05) is 12.0 Å². The fourth-order valence-corrected chi connectivity index (χ4v) is 0.885. The Bertz CT molecular complexity index is 288. The van der Waals surface area contributed by atoms with Gasteiger partial charge in [0.05, 0.1) is 6.61 Å². The van der Waals surface area contributed by atoms with Gasteiger partial charge in [-0.2, -0.15) is 0 Å². The van der Waals surface area contributed by atoms with E-state index >= 15 is 0 Å². The number of aryl methyl sites for hydroxylation is 2. The molecule has 13 heavy (non-hydrogen) atoms. The Labute approximate surface area is 75.9 Å². The van der Waals surface area contributed by atoms with Gasteiger partial charge in [0.1, 0.15) is 11.6 Å². The Morgan fingerprint density at radius 2 is 2.00 bits per heavy atom. The van der Waals surface area contributed by atoms with Crippen LogP contribution in [0.25, 0.3) is 0 Å². The number of amides is 1. The number of hydrogen-bond acceptors (Lipinski definition) is 4. The van der Waals surface area contributed by atoms with E-state index in [1.54, 1.807) is 20.8 Å². The van der Waals surface area contributed by atoms with Crippen LogP contribution in [0.15, 0.2) is 0 Å². The van der Waals surface area contributed by atoms with Crippen LogP contribution in [-0.4, -0.2) is 27.6 Å². The molecule has 1 aromatic heterocycles. The van der Waals surface area contributed by atoms with Gasteiger partial charge in [0.2, 0.25) is 0 Å². The van der Waals surface area contributed by atoms with Crippen LogP contribution in [0.5, 0.6) is 0 Å². The minimum Gasteiger partial charge on any atom is -0.449 e. The summed E-state index contributed by atoms with van der Waals surface area (Å²) in [5.74, 6) is 1.23. The van der Waals surface area contributed by atoms with E-state index < -0.39 is 6.09 Å². The molecule has 0 saturated carbocycles. The van der Waals surface area contributed by atoms with Gasteiger partial charge < -0.3 is 4.74 Å². The zero-order chi connectivity index (χ0) is 9.84. The second-order valence-corrected chi connectivity index (χ2v) is 2.46. The molecule has 1 rings (SSSR count). The first-order chi connectivity index (χ1) is 6.15. The first-order valence-electron chi connectivity index (χ1n) is 3.97. The standard InChI is InChI=1S/C7H12N4O2/c1-4-13-7(12)10-11-5(2)8-9-6(11)3/h4H2,1-3H3,(H,10,12). The number of nitrogens with zero attached hydrogens (tertiary/aromatic N) is 3. The summed E-state index contributed by atoms with van der Waals surface area (Å²) in [5, 5.41) is 7.54. The second kappa shape index (κ2) is 3.88. The summed E-state index contributed by atoms with van der Waals surface area (Å²) in [6.07, 6.45) is -0.506. The molecule has 72 valence electrons. The molecule has 1 N–H and O–H groups in total. The Hall–Kier alpha value is -1.59. The van der Waals surface area contributed by atoms with Gasteiger partial charge in [0, 0.05) is 0 Å². The fourth-order valence-electron chi connectivity index (χ4n) is 0.885. The summed E-state index contributed by atoms with van der Waals surface area (Å²) in [6.45, 7) is 5.57. The molecule has 1 aromatic rings. The van der Waals surface area contributed by atoms with Gasteiger partial charge in [0.25, 0.3) is 0 Å². The number of aromatic nitrogens is 3. The van der Waals surface area contributed by atoms with Gasteiger partial charge in [0.15, 0.2) is 0 Å². The van der Waals surface area contributed by atoms with Crippen LogP contribution in [0.1, 0.15) is 18.6 Å². The molecule has 0 saturated heterocycles. The molecule has 6 heteroatoms. The predicted molar refractivity (Wildman–Crippen MR) is 45.9 cm³/mol. The van der Waals surface area contributed by atoms with Crippen molar-refractivity contribution in [1.82, 2.24) is 14.9 Å². The molecule has 0 fully saturated rings. The lowest BCUT2D eigenvalue weighted by atomic mass is 10.7. The van der Waals surface area contributed by atoms with Gasteiger partial charge >= 0.3 is 6.09 Å². The maximum atomic E-state index is 11.0. The van der Waals surface area contributed by atoms with E-state index in [1.165, 1.54) is 4.68 Å². The average Bonchev–Trinajstić information content (AvgIpc) is 2.36. The summed E-state index contributed by atoms with van der Waals surface area (Å²) in [5.41, 5.74) is 2.49. The molecular formula is C7H12N4O2. The van der Waals surface area contributed by atoms with Crippen molar-refractivity contribution in [3.63, 3.8) is 0 Å². The monoisotopic (exact) mass is 184 g/mol. The molecule has 6 nitrogen and oxygen atoms in total. The largest absolute Gasteiger partial charge is 0.449 e. The maximum absolute atomic E-state index is 11.0. The van der Waals surface area contributed by atoms with Crippen LogP contribution < -0.4 is 5.43 Å². The van der Waals surface area contributed by atoms with Crippen molar-refractivity contribution in [2.24, 2.45) is 0 Å². The van der Waals surface area contributed by atoms with Crippen LogP contribution in [0.4, 0.5) is 4.79 Å². The average molecular weight is 184 g/mol. The predicted octanol–water partition coefficient (Wildman–Crippen LogP) is 0.595. The van der Waals surface area contributed by atoms with E-state index in [4.69, 9.17) is 4.74 Å². The Morgan fingerprint density at radius 1 is 1.46 bits per heavy atom. The summed E-state index contributed by atoms with van der Waals surface area (Å²) in [4.78, 5) is 11.0. The van der Waals surface area contributed by atoms with Gasteiger partial charge in [-0.05, 0) is 20.8 Å². The van der Waals surface area contributed by atoms with E-state index in [0.29, 0.717) is 18.3 Å². The molecule has 0 aromatic carbocycles. The summed E-state index contributed by atoms with van der Waals surface area (Å²) >= 11 is 0. The molecular weight excluding hydrogens is 172 g/mol. The Kier molecular flexibility index (Phi) is 2.84. The fraction of sp³-hybridized carbons (Fsp3) is 0.571. The third kappa shape index (κ3) is 2.17. The molecule has 0 spiro atoms. The van der Waals surface area contributed by atoms with E-state index in [9.17, 15) is 4.79 Å². The minimum atomic E-state index is -0.506. The molecule has 0 unspecified atom stereocenters. The van der Waals surface area contributed by atoms with Crippen molar-refractivity contribution >= 4 is 6.09 Å². The topological polar surface area (TPSA) is 69.0 Å². The third-order valence-corrected chi connectivity index (χ3v) is 1.47. The van der Waals surface area contributed by atoms with Crippen molar-refractivity contribution in [3.8, 4) is 0 Å². The van der Waals surface area contributed by atoms with Crippen LogP contribution in [0, 0.1) is 13.8 Å². The molecule has 0 aliphatic rings. The van der Waals surface area contributed by atoms with Crippen LogP contribution >= 0.6 is 0 Å². The molecule has 0 atom stereocenters. The number of carbonyl (C=O) groups excluding carboxylic acids is 1. The molecule has 1 heterocycles. The van der Waals surface area contributed by atoms with Crippen molar-refractivity contribution in [2.45, 2.75) is 20.8 Å². The van der Waals surface area contributed by atoms with Crippen LogP contribution in [-0.2, 0) is 4.74 Å². The van der Waals surface area contributed by atoms with Gasteiger partial charge in [-0.3, -0.25) is 0 Å². The summed E-state index contributed by atoms with van der Waals surface area (Å²) < 4.78 is 6.17. The molecule has 0 aliphatic heterocycles. The molecule has 0 aliphatic carbocycles. The smallest absolute Gasteiger partial charge is 0.426 e. The van der Waals surface area contributed by atoms with Gasteiger partial charge in [-0.1, -0.05) is 0 Å². The van der Waals surface area contributed by atoms with Crippen molar-refractivity contribution < 1.29 is 9.53 Å².